The predicted octanol–water partition coefficient (Wildman–Crippen LogP) is 8.11. The van der Waals surface area contributed by atoms with Crippen molar-refractivity contribution in [3.05, 3.63) is 89.0 Å². The summed E-state index contributed by atoms with van der Waals surface area (Å²) in [6, 6.07) is 22.5. The van der Waals surface area contributed by atoms with E-state index in [1.54, 1.807) is 24.3 Å². The van der Waals surface area contributed by atoms with Crippen LogP contribution < -0.4 is 10.1 Å². The number of ether oxygens (including phenoxy) is 1. The monoisotopic (exact) mass is 529 g/mol. The van der Waals surface area contributed by atoms with Gasteiger partial charge in [0.1, 0.15) is 11.9 Å². The lowest BCUT2D eigenvalue weighted by Gasteiger charge is -2.22. The summed E-state index contributed by atoms with van der Waals surface area (Å²) in [5.74, 6) is 0.0955. The molecule has 0 aliphatic carbocycles. The van der Waals surface area contributed by atoms with E-state index >= 15 is 0 Å². The van der Waals surface area contributed by atoms with Crippen LogP contribution in [0.2, 0.25) is 0 Å². The Bertz CT molecular complexity index is 1240. The minimum atomic E-state index is -0.940. The third kappa shape index (κ3) is 8.98. The summed E-state index contributed by atoms with van der Waals surface area (Å²) in [5, 5.41) is 11.4. The molecule has 1 atom stereocenters. The molecule has 1 amide bonds. The van der Waals surface area contributed by atoms with Crippen LogP contribution in [0.3, 0.4) is 0 Å². The second-order valence-electron chi connectivity index (χ2n) is 11.8. The normalized spacial score (nSPS) is 12.3. The summed E-state index contributed by atoms with van der Waals surface area (Å²) in [4.78, 5) is 23.0. The lowest BCUT2D eigenvalue weighted by atomic mass is 9.86. The number of amides is 1. The van der Waals surface area contributed by atoms with Crippen molar-refractivity contribution < 1.29 is 19.4 Å². The third-order valence-corrected chi connectivity index (χ3v) is 6.95. The topological polar surface area (TPSA) is 75.6 Å². The van der Waals surface area contributed by atoms with Crippen LogP contribution in [-0.4, -0.2) is 23.5 Å². The van der Waals surface area contributed by atoms with Gasteiger partial charge in [-0.1, -0.05) is 83.5 Å². The van der Waals surface area contributed by atoms with Crippen LogP contribution >= 0.6 is 0 Å². The van der Waals surface area contributed by atoms with E-state index in [9.17, 15) is 9.59 Å². The second-order valence-corrected chi connectivity index (χ2v) is 11.8. The SMILES string of the molecule is Cc1cc([C@@H](CCCC(C)C)Oc2ccc(C(=O)NCCC(=O)O)cc2)ccc1-c1ccc(C(C)(C)C)cc1. The summed E-state index contributed by atoms with van der Waals surface area (Å²) >= 11 is 0. The molecule has 208 valence electrons. The Morgan fingerprint density at radius 3 is 2.15 bits per heavy atom. The number of carboxylic acid groups (broad SMARTS) is 1. The molecule has 3 aromatic rings. The van der Waals surface area contributed by atoms with Gasteiger partial charge in [0.25, 0.3) is 5.91 Å². The number of carboxylic acids is 1. The number of aryl methyl sites for hydroxylation is 1. The molecular formula is C34H43NO4. The molecule has 3 aromatic carbocycles. The molecule has 39 heavy (non-hydrogen) atoms. The first-order valence-corrected chi connectivity index (χ1v) is 13.9. The Kier molecular flexibility index (Phi) is 10.3. The molecule has 0 unspecified atom stereocenters. The van der Waals surface area contributed by atoms with Gasteiger partial charge in [0.05, 0.1) is 6.42 Å². The van der Waals surface area contributed by atoms with Crippen LogP contribution in [0.1, 0.15) is 93.5 Å². The number of aliphatic carboxylic acids is 1. The lowest BCUT2D eigenvalue weighted by Crippen LogP contribution is -2.25. The molecule has 0 aliphatic rings. The van der Waals surface area contributed by atoms with Crippen LogP contribution in [-0.2, 0) is 10.2 Å². The van der Waals surface area contributed by atoms with E-state index in [1.165, 1.54) is 22.3 Å². The Morgan fingerprint density at radius 2 is 1.59 bits per heavy atom. The molecule has 2 N–H and O–H groups in total. The highest BCUT2D eigenvalue weighted by Crippen LogP contribution is 2.33. The van der Waals surface area contributed by atoms with Crippen LogP contribution in [0.25, 0.3) is 11.1 Å². The fourth-order valence-electron chi connectivity index (χ4n) is 4.60. The molecule has 3 rings (SSSR count). The van der Waals surface area contributed by atoms with Gasteiger partial charge in [-0.05, 0) is 83.2 Å². The van der Waals surface area contributed by atoms with Crippen molar-refractivity contribution in [2.45, 2.75) is 78.7 Å². The Balaban J connectivity index is 1.77. The van der Waals surface area contributed by atoms with E-state index in [4.69, 9.17) is 9.84 Å². The van der Waals surface area contributed by atoms with Gasteiger partial charge in [-0.15, -0.1) is 0 Å². The highest BCUT2D eigenvalue weighted by Gasteiger charge is 2.17. The first kappa shape index (κ1) is 29.9. The van der Waals surface area contributed by atoms with Crippen LogP contribution in [0.5, 0.6) is 5.75 Å². The summed E-state index contributed by atoms with van der Waals surface area (Å²) in [6.45, 7) is 13.4. The van der Waals surface area contributed by atoms with Gasteiger partial charge in [0.2, 0.25) is 0 Å². The zero-order valence-electron chi connectivity index (χ0n) is 24.2. The van der Waals surface area contributed by atoms with Crippen molar-refractivity contribution >= 4 is 11.9 Å². The third-order valence-electron chi connectivity index (χ3n) is 6.95. The highest BCUT2D eigenvalue weighted by molar-refractivity contribution is 5.94. The molecule has 0 saturated heterocycles. The molecule has 0 saturated carbocycles. The van der Waals surface area contributed by atoms with Crippen LogP contribution in [0, 0.1) is 12.8 Å². The molecular weight excluding hydrogens is 486 g/mol. The summed E-state index contributed by atoms with van der Waals surface area (Å²) in [5.41, 5.74) is 6.70. The Hall–Kier alpha value is -3.60. The van der Waals surface area contributed by atoms with Gasteiger partial charge in [0, 0.05) is 12.1 Å². The van der Waals surface area contributed by atoms with Gasteiger partial charge >= 0.3 is 5.97 Å². The zero-order valence-corrected chi connectivity index (χ0v) is 24.2. The number of rotatable bonds is 12. The standard InChI is InChI=1S/C34H43NO4/c1-23(2)8-7-9-31(39-29-17-12-26(13-18-29)33(38)35-21-20-32(36)37)27-14-19-30(24(3)22-27)25-10-15-28(16-11-25)34(4,5)6/h10-19,22-23,31H,7-9,20-21H2,1-6H3,(H,35,38)(H,36,37)/t31-/m1/s1. The first-order valence-electron chi connectivity index (χ1n) is 13.9. The van der Waals surface area contributed by atoms with Crippen molar-refractivity contribution in [1.82, 2.24) is 5.32 Å². The minimum Gasteiger partial charge on any atom is -0.486 e. The fourth-order valence-corrected chi connectivity index (χ4v) is 4.60. The van der Waals surface area contributed by atoms with Crippen molar-refractivity contribution in [2.75, 3.05) is 6.54 Å². The number of benzene rings is 3. The fraction of sp³-hybridized carbons (Fsp3) is 0.412. The zero-order chi connectivity index (χ0) is 28.6. The maximum Gasteiger partial charge on any atom is 0.305 e. The molecule has 5 heteroatoms. The van der Waals surface area contributed by atoms with Gasteiger partial charge in [-0.25, -0.2) is 0 Å². The lowest BCUT2D eigenvalue weighted by molar-refractivity contribution is -0.136. The minimum absolute atomic E-state index is 0.0976. The van der Waals surface area contributed by atoms with Gasteiger partial charge in [-0.2, -0.15) is 0 Å². The average molecular weight is 530 g/mol. The van der Waals surface area contributed by atoms with Crippen molar-refractivity contribution in [3.8, 4) is 16.9 Å². The van der Waals surface area contributed by atoms with E-state index in [0.717, 1.165) is 24.8 Å². The van der Waals surface area contributed by atoms with Gasteiger partial charge in [0.15, 0.2) is 0 Å². The molecule has 0 bridgehead atoms. The molecule has 0 fully saturated rings. The van der Waals surface area contributed by atoms with Gasteiger partial charge in [-0.3, -0.25) is 9.59 Å². The van der Waals surface area contributed by atoms with Crippen molar-refractivity contribution in [2.24, 2.45) is 5.92 Å². The molecule has 0 aromatic heterocycles. The maximum absolute atomic E-state index is 12.3. The second kappa shape index (κ2) is 13.5. The summed E-state index contributed by atoms with van der Waals surface area (Å²) < 4.78 is 6.47. The van der Waals surface area contributed by atoms with E-state index in [0.29, 0.717) is 17.2 Å². The number of hydrogen-bond acceptors (Lipinski definition) is 3. The highest BCUT2D eigenvalue weighted by atomic mass is 16.5. The molecule has 0 radical (unpaired) electrons. The Labute approximate surface area is 233 Å². The molecule has 0 spiro atoms. The van der Waals surface area contributed by atoms with E-state index in [2.05, 4.69) is 89.3 Å². The number of carbonyl (C=O) groups excluding carboxylic acids is 1. The van der Waals surface area contributed by atoms with Crippen LogP contribution in [0.4, 0.5) is 0 Å². The Morgan fingerprint density at radius 1 is 0.923 bits per heavy atom. The van der Waals surface area contributed by atoms with E-state index in [1.807, 2.05) is 0 Å². The average Bonchev–Trinajstić information content (AvgIpc) is 2.87. The largest absolute Gasteiger partial charge is 0.486 e. The van der Waals surface area contributed by atoms with Crippen molar-refractivity contribution in [1.29, 1.82) is 0 Å². The van der Waals surface area contributed by atoms with E-state index in [-0.39, 0.29) is 30.4 Å². The molecule has 0 heterocycles. The van der Waals surface area contributed by atoms with Gasteiger partial charge < -0.3 is 15.2 Å². The summed E-state index contributed by atoms with van der Waals surface area (Å²) in [6.07, 6.45) is 2.88. The number of hydrogen-bond donors (Lipinski definition) is 2. The quantitative estimate of drug-likeness (QED) is 0.248. The first-order chi connectivity index (χ1) is 18.4. The summed E-state index contributed by atoms with van der Waals surface area (Å²) in [7, 11) is 0. The van der Waals surface area contributed by atoms with Crippen LogP contribution in [0.15, 0.2) is 66.7 Å². The maximum atomic E-state index is 12.3. The smallest absolute Gasteiger partial charge is 0.305 e. The predicted molar refractivity (Wildman–Crippen MR) is 158 cm³/mol. The van der Waals surface area contributed by atoms with E-state index < -0.39 is 5.97 Å². The van der Waals surface area contributed by atoms with Crippen molar-refractivity contribution in [3.63, 3.8) is 0 Å². The number of nitrogens with one attached hydrogen (secondary N) is 1. The molecule has 0 aliphatic heterocycles. The number of carbonyl (C=O) groups is 2. The molecule has 5 nitrogen and oxygen atoms in total.